The molecule has 2 unspecified atom stereocenters. The highest BCUT2D eigenvalue weighted by Crippen LogP contribution is 2.24. The number of para-hydroxylation sites is 1. The van der Waals surface area contributed by atoms with E-state index in [-0.39, 0.29) is 29.5 Å². The van der Waals surface area contributed by atoms with Crippen LogP contribution in [0.5, 0.6) is 0 Å². The van der Waals surface area contributed by atoms with Crippen LogP contribution >= 0.6 is 0 Å². The fourth-order valence-corrected chi connectivity index (χ4v) is 3.36. The largest absolute Gasteiger partial charge is 0.360 e. The van der Waals surface area contributed by atoms with Gasteiger partial charge in [0.25, 0.3) is 5.91 Å². The van der Waals surface area contributed by atoms with Gasteiger partial charge in [-0.15, -0.1) is 0 Å². The molecule has 0 aliphatic heterocycles. The number of amides is 2. The summed E-state index contributed by atoms with van der Waals surface area (Å²) >= 11 is 0. The van der Waals surface area contributed by atoms with Crippen LogP contribution in [0.15, 0.2) is 35.3 Å². The standard InChI is InChI=1S/C18H22N4O3/c19-8-11-4-3-7-14(11)22-16(23)10-21-18(25)13-9-20-15-6-2-1-5-12(15)17(13)24/h1-2,5-6,9,11,14H,3-4,7-8,10,19H2,(H,20,24)(H,21,25)(H,22,23). The molecule has 0 saturated heterocycles. The first-order chi connectivity index (χ1) is 12.1. The van der Waals surface area contributed by atoms with Gasteiger partial charge in [-0.3, -0.25) is 14.4 Å². The van der Waals surface area contributed by atoms with Crippen LogP contribution in [-0.2, 0) is 4.79 Å². The minimum absolute atomic E-state index is 0.00722. The van der Waals surface area contributed by atoms with E-state index >= 15 is 0 Å². The molecule has 0 bridgehead atoms. The maximum atomic E-state index is 12.4. The summed E-state index contributed by atoms with van der Waals surface area (Å²) < 4.78 is 0. The highest BCUT2D eigenvalue weighted by atomic mass is 16.2. The second-order valence-corrected chi connectivity index (χ2v) is 6.36. The first-order valence-corrected chi connectivity index (χ1v) is 8.48. The molecule has 7 nitrogen and oxygen atoms in total. The fourth-order valence-electron chi connectivity index (χ4n) is 3.36. The summed E-state index contributed by atoms with van der Waals surface area (Å²) in [6.45, 7) is 0.378. The van der Waals surface area contributed by atoms with Gasteiger partial charge in [0.05, 0.1) is 6.54 Å². The normalized spacial score (nSPS) is 19.7. The van der Waals surface area contributed by atoms with Gasteiger partial charge in [0, 0.05) is 23.1 Å². The number of benzene rings is 1. The van der Waals surface area contributed by atoms with E-state index in [9.17, 15) is 14.4 Å². The van der Waals surface area contributed by atoms with E-state index in [1.54, 1.807) is 24.3 Å². The van der Waals surface area contributed by atoms with E-state index in [1.807, 2.05) is 0 Å². The summed E-state index contributed by atoms with van der Waals surface area (Å²) in [4.78, 5) is 39.6. The molecule has 0 radical (unpaired) electrons. The Kier molecular flexibility index (Phi) is 5.14. The van der Waals surface area contributed by atoms with Crippen LogP contribution in [0.4, 0.5) is 0 Å². The number of pyridine rings is 1. The van der Waals surface area contributed by atoms with Crippen molar-refractivity contribution in [2.45, 2.75) is 25.3 Å². The summed E-state index contributed by atoms with van der Waals surface area (Å²) in [5, 5.41) is 5.86. The summed E-state index contributed by atoms with van der Waals surface area (Å²) in [5.41, 5.74) is 6.00. The topological polar surface area (TPSA) is 117 Å². The molecule has 2 aromatic rings. The number of nitrogens with two attached hydrogens (primary N) is 1. The number of nitrogens with one attached hydrogen (secondary N) is 3. The summed E-state index contributed by atoms with van der Waals surface area (Å²) in [6.07, 6.45) is 4.34. The Labute approximate surface area is 145 Å². The lowest BCUT2D eigenvalue weighted by Crippen LogP contribution is -2.45. The molecule has 25 heavy (non-hydrogen) atoms. The Hall–Kier alpha value is -2.67. The number of carbonyl (C=O) groups is 2. The Morgan fingerprint density at radius 1 is 1.24 bits per heavy atom. The number of carbonyl (C=O) groups excluding carboxylic acids is 2. The number of hydrogen-bond donors (Lipinski definition) is 4. The molecule has 1 fully saturated rings. The first-order valence-electron chi connectivity index (χ1n) is 8.48. The molecule has 2 amide bonds. The highest BCUT2D eigenvalue weighted by molar-refractivity contribution is 5.98. The third kappa shape index (κ3) is 3.71. The SMILES string of the molecule is NCC1CCCC1NC(=O)CNC(=O)c1c[nH]c2ccccc2c1=O. The molecule has 1 aliphatic rings. The first kappa shape index (κ1) is 17.2. The van der Waals surface area contributed by atoms with Gasteiger partial charge in [0.1, 0.15) is 5.56 Å². The molecule has 1 aromatic heterocycles. The fraction of sp³-hybridized carbons (Fsp3) is 0.389. The molecule has 0 spiro atoms. The van der Waals surface area contributed by atoms with E-state index in [2.05, 4.69) is 15.6 Å². The van der Waals surface area contributed by atoms with Crippen molar-refractivity contribution in [1.29, 1.82) is 0 Å². The zero-order valence-corrected chi connectivity index (χ0v) is 13.9. The minimum Gasteiger partial charge on any atom is -0.360 e. The average molecular weight is 342 g/mol. The van der Waals surface area contributed by atoms with Crippen LogP contribution in [0, 0.1) is 5.92 Å². The second kappa shape index (κ2) is 7.48. The smallest absolute Gasteiger partial charge is 0.257 e. The molecule has 5 N–H and O–H groups in total. The second-order valence-electron chi connectivity index (χ2n) is 6.36. The molecule has 7 heteroatoms. The van der Waals surface area contributed by atoms with Crippen molar-refractivity contribution in [3.8, 4) is 0 Å². The Morgan fingerprint density at radius 3 is 2.84 bits per heavy atom. The monoisotopic (exact) mass is 342 g/mol. The molecular weight excluding hydrogens is 320 g/mol. The third-order valence-corrected chi connectivity index (χ3v) is 4.75. The van der Waals surface area contributed by atoms with Crippen LogP contribution in [0.2, 0.25) is 0 Å². The van der Waals surface area contributed by atoms with Crippen molar-refractivity contribution >= 4 is 22.7 Å². The summed E-state index contributed by atoms with van der Waals surface area (Å²) in [6, 6.07) is 7.03. The van der Waals surface area contributed by atoms with Crippen LogP contribution in [0.25, 0.3) is 10.9 Å². The molecule has 132 valence electrons. The molecular formula is C18H22N4O3. The molecule has 2 atom stereocenters. The maximum absolute atomic E-state index is 12.4. The molecule has 1 saturated carbocycles. The summed E-state index contributed by atoms with van der Waals surface area (Å²) in [7, 11) is 0. The zero-order chi connectivity index (χ0) is 17.8. The maximum Gasteiger partial charge on any atom is 0.257 e. The van der Waals surface area contributed by atoms with Gasteiger partial charge in [0.2, 0.25) is 11.3 Å². The Morgan fingerprint density at radius 2 is 2.04 bits per heavy atom. The van der Waals surface area contributed by atoms with E-state index in [1.165, 1.54) is 6.20 Å². The van der Waals surface area contributed by atoms with E-state index in [0.717, 1.165) is 19.3 Å². The van der Waals surface area contributed by atoms with E-state index in [0.29, 0.717) is 23.4 Å². The number of aromatic nitrogens is 1. The number of rotatable bonds is 5. The predicted octanol–water partition coefficient (Wildman–Crippen LogP) is 0.502. The van der Waals surface area contributed by atoms with Gasteiger partial charge in [-0.25, -0.2) is 0 Å². The van der Waals surface area contributed by atoms with Gasteiger partial charge < -0.3 is 21.4 Å². The Balaban J connectivity index is 1.62. The van der Waals surface area contributed by atoms with Crippen LogP contribution in [-0.4, -0.2) is 35.9 Å². The molecule has 1 heterocycles. The van der Waals surface area contributed by atoms with Crippen molar-refractivity contribution < 1.29 is 9.59 Å². The van der Waals surface area contributed by atoms with Crippen LogP contribution in [0.1, 0.15) is 29.6 Å². The molecule has 3 rings (SSSR count). The lowest BCUT2D eigenvalue weighted by molar-refractivity contribution is -0.121. The number of hydrogen-bond acceptors (Lipinski definition) is 4. The van der Waals surface area contributed by atoms with Crippen molar-refractivity contribution in [1.82, 2.24) is 15.6 Å². The minimum atomic E-state index is -0.566. The highest BCUT2D eigenvalue weighted by Gasteiger charge is 2.27. The van der Waals surface area contributed by atoms with Gasteiger partial charge in [-0.05, 0) is 37.4 Å². The van der Waals surface area contributed by atoms with Gasteiger partial charge in [0.15, 0.2) is 0 Å². The van der Waals surface area contributed by atoms with Crippen molar-refractivity contribution in [2.75, 3.05) is 13.1 Å². The van der Waals surface area contributed by atoms with Crippen molar-refractivity contribution in [3.05, 3.63) is 46.2 Å². The van der Waals surface area contributed by atoms with Crippen LogP contribution in [0.3, 0.4) is 0 Å². The number of fused-ring (bicyclic) bond motifs is 1. The zero-order valence-electron chi connectivity index (χ0n) is 13.9. The third-order valence-electron chi connectivity index (χ3n) is 4.75. The number of aromatic amines is 1. The molecule has 1 aliphatic carbocycles. The lowest BCUT2D eigenvalue weighted by atomic mass is 10.0. The van der Waals surface area contributed by atoms with Crippen molar-refractivity contribution in [3.63, 3.8) is 0 Å². The predicted molar refractivity (Wildman–Crippen MR) is 95.2 cm³/mol. The van der Waals surface area contributed by atoms with Crippen molar-refractivity contribution in [2.24, 2.45) is 11.7 Å². The van der Waals surface area contributed by atoms with E-state index < -0.39 is 5.91 Å². The molecule has 1 aromatic carbocycles. The van der Waals surface area contributed by atoms with Gasteiger partial charge in [-0.2, -0.15) is 0 Å². The summed E-state index contributed by atoms with van der Waals surface area (Å²) in [5.74, 6) is -0.539. The van der Waals surface area contributed by atoms with Gasteiger partial charge in [-0.1, -0.05) is 18.6 Å². The van der Waals surface area contributed by atoms with Crippen LogP contribution < -0.4 is 21.8 Å². The number of H-pyrrole nitrogens is 1. The quantitative estimate of drug-likeness (QED) is 0.633. The lowest BCUT2D eigenvalue weighted by Gasteiger charge is -2.19. The van der Waals surface area contributed by atoms with E-state index in [4.69, 9.17) is 5.73 Å². The average Bonchev–Trinajstić information content (AvgIpc) is 3.07. The van der Waals surface area contributed by atoms with Gasteiger partial charge >= 0.3 is 0 Å². The Bertz CT molecular complexity index is 846.